The molecule has 21 heavy (non-hydrogen) atoms. The van der Waals surface area contributed by atoms with Crippen molar-refractivity contribution in [3.63, 3.8) is 0 Å². The highest BCUT2D eigenvalue weighted by Crippen LogP contribution is 2.23. The zero-order valence-corrected chi connectivity index (χ0v) is 12.3. The lowest BCUT2D eigenvalue weighted by Gasteiger charge is -2.04. The Hall–Kier alpha value is -2.30. The maximum absolute atomic E-state index is 11.8. The van der Waals surface area contributed by atoms with Crippen molar-refractivity contribution in [2.45, 2.75) is 4.90 Å². The standard InChI is InChI=1S/C14H10N2O3S2/c15-7-10-5-6-20-13(10)16-12(17)8-21-11-3-1-9(2-4-11)14(18)19/h1-6H,8H2,(H,16,17)(H,18,19). The molecule has 1 aromatic heterocycles. The van der Waals surface area contributed by atoms with Crippen LogP contribution in [0.25, 0.3) is 0 Å². The van der Waals surface area contributed by atoms with Crippen molar-refractivity contribution in [1.82, 2.24) is 0 Å². The highest BCUT2D eigenvalue weighted by molar-refractivity contribution is 8.00. The van der Waals surface area contributed by atoms with Gasteiger partial charge in [-0.3, -0.25) is 4.79 Å². The summed E-state index contributed by atoms with van der Waals surface area (Å²) in [6.07, 6.45) is 0. The van der Waals surface area contributed by atoms with E-state index in [4.69, 9.17) is 10.4 Å². The second-order valence-corrected chi connectivity index (χ2v) is 5.91. The van der Waals surface area contributed by atoms with Crippen LogP contribution >= 0.6 is 23.1 Å². The lowest BCUT2D eigenvalue weighted by atomic mass is 10.2. The molecule has 0 aliphatic rings. The van der Waals surface area contributed by atoms with Gasteiger partial charge in [-0.25, -0.2) is 4.79 Å². The number of carboxylic acids is 1. The van der Waals surface area contributed by atoms with Crippen LogP contribution in [-0.2, 0) is 4.79 Å². The molecule has 0 aliphatic carbocycles. The number of carbonyl (C=O) groups is 2. The first kappa shape index (κ1) is 15.1. The smallest absolute Gasteiger partial charge is 0.335 e. The first-order valence-corrected chi connectivity index (χ1v) is 7.70. The van der Waals surface area contributed by atoms with Crippen LogP contribution < -0.4 is 5.32 Å². The molecule has 2 rings (SSSR count). The monoisotopic (exact) mass is 318 g/mol. The van der Waals surface area contributed by atoms with E-state index in [1.54, 1.807) is 23.6 Å². The number of amides is 1. The largest absolute Gasteiger partial charge is 0.478 e. The molecule has 0 saturated heterocycles. The molecule has 0 fully saturated rings. The molecule has 2 aromatic rings. The minimum absolute atomic E-state index is 0.190. The summed E-state index contributed by atoms with van der Waals surface area (Å²) in [7, 11) is 0. The molecular formula is C14H10N2O3S2. The summed E-state index contributed by atoms with van der Waals surface area (Å²) < 4.78 is 0. The molecule has 106 valence electrons. The zero-order chi connectivity index (χ0) is 15.2. The van der Waals surface area contributed by atoms with Crippen LogP contribution in [-0.4, -0.2) is 22.7 Å². The van der Waals surface area contributed by atoms with E-state index in [0.29, 0.717) is 10.6 Å². The Balaban J connectivity index is 1.89. The van der Waals surface area contributed by atoms with Gasteiger partial charge in [-0.15, -0.1) is 23.1 Å². The van der Waals surface area contributed by atoms with E-state index in [1.807, 2.05) is 6.07 Å². The molecule has 2 N–H and O–H groups in total. The Labute approximate surface area is 129 Å². The van der Waals surface area contributed by atoms with Crippen LogP contribution in [0.5, 0.6) is 0 Å². The number of nitrogens with one attached hydrogen (secondary N) is 1. The minimum Gasteiger partial charge on any atom is -0.478 e. The van der Waals surface area contributed by atoms with Gasteiger partial charge in [0.05, 0.1) is 16.9 Å². The van der Waals surface area contributed by atoms with Crippen LogP contribution in [0.3, 0.4) is 0 Å². The van der Waals surface area contributed by atoms with Gasteiger partial charge in [0.2, 0.25) is 5.91 Å². The van der Waals surface area contributed by atoms with E-state index in [-0.39, 0.29) is 17.2 Å². The second-order valence-electron chi connectivity index (χ2n) is 3.94. The summed E-state index contributed by atoms with van der Waals surface area (Å²) in [5.41, 5.74) is 0.658. The number of nitrogens with zero attached hydrogens (tertiary/aromatic N) is 1. The van der Waals surface area contributed by atoms with Crippen molar-refractivity contribution in [3.8, 4) is 6.07 Å². The van der Waals surface area contributed by atoms with Gasteiger partial charge in [0.25, 0.3) is 0 Å². The Bertz CT molecular complexity index is 702. The topological polar surface area (TPSA) is 90.2 Å². The summed E-state index contributed by atoms with van der Waals surface area (Å²) >= 11 is 2.60. The molecule has 0 unspecified atom stereocenters. The van der Waals surface area contributed by atoms with E-state index < -0.39 is 5.97 Å². The summed E-state index contributed by atoms with van der Waals surface area (Å²) in [5, 5.41) is 22.6. The Morgan fingerprint density at radius 3 is 2.62 bits per heavy atom. The van der Waals surface area contributed by atoms with Gasteiger partial charge in [0.15, 0.2) is 0 Å². The molecule has 1 aromatic carbocycles. The molecule has 0 atom stereocenters. The fourth-order valence-electron chi connectivity index (χ4n) is 1.50. The van der Waals surface area contributed by atoms with Crippen molar-refractivity contribution in [2.24, 2.45) is 0 Å². The first-order valence-electron chi connectivity index (χ1n) is 5.84. The number of hydrogen-bond donors (Lipinski definition) is 2. The van der Waals surface area contributed by atoms with E-state index in [9.17, 15) is 9.59 Å². The van der Waals surface area contributed by atoms with Gasteiger partial charge < -0.3 is 10.4 Å². The number of anilines is 1. The molecule has 7 heteroatoms. The molecule has 0 bridgehead atoms. The SMILES string of the molecule is N#Cc1ccsc1NC(=O)CSc1ccc(C(=O)O)cc1. The second kappa shape index (κ2) is 6.92. The van der Waals surface area contributed by atoms with Crippen molar-refractivity contribution in [1.29, 1.82) is 5.26 Å². The Morgan fingerprint density at radius 2 is 2.00 bits per heavy atom. The first-order chi connectivity index (χ1) is 10.1. The maximum atomic E-state index is 11.8. The van der Waals surface area contributed by atoms with Gasteiger partial charge in [-0.05, 0) is 35.7 Å². The maximum Gasteiger partial charge on any atom is 0.335 e. The number of thiophene rings is 1. The molecular weight excluding hydrogens is 308 g/mol. The number of nitriles is 1. The number of carbonyl (C=O) groups excluding carboxylic acids is 1. The van der Waals surface area contributed by atoms with Crippen LogP contribution in [0.15, 0.2) is 40.6 Å². The van der Waals surface area contributed by atoms with E-state index in [0.717, 1.165) is 4.90 Å². The number of benzene rings is 1. The third-order valence-electron chi connectivity index (χ3n) is 2.51. The zero-order valence-electron chi connectivity index (χ0n) is 10.7. The van der Waals surface area contributed by atoms with Gasteiger partial charge in [0.1, 0.15) is 11.1 Å². The number of rotatable bonds is 5. The number of carboxylic acid groups (broad SMARTS) is 1. The van der Waals surface area contributed by atoms with Gasteiger partial charge >= 0.3 is 5.97 Å². The average Bonchev–Trinajstić information content (AvgIpc) is 2.92. The highest BCUT2D eigenvalue weighted by atomic mass is 32.2. The molecule has 0 saturated carbocycles. The van der Waals surface area contributed by atoms with E-state index >= 15 is 0 Å². The molecule has 0 spiro atoms. The Kier molecular flexibility index (Phi) is 4.98. The van der Waals surface area contributed by atoms with Gasteiger partial charge in [-0.1, -0.05) is 0 Å². The summed E-state index contributed by atoms with van der Waals surface area (Å²) in [6, 6.07) is 9.97. The Morgan fingerprint density at radius 1 is 1.29 bits per heavy atom. The van der Waals surface area contributed by atoms with Gasteiger partial charge in [-0.2, -0.15) is 5.26 Å². The summed E-state index contributed by atoms with van der Waals surface area (Å²) in [6.45, 7) is 0. The molecule has 1 heterocycles. The quantitative estimate of drug-likeness (QED) is 0.827. The van der Waals surface area contributed by atoms with Crippen molar-refractivity contribution in [3.05, 3.63) is 46.8 Å². The van der Waals surface area contributed by atoms with Crippen molar-refractivity contribution >= 4 is 40.0 Å². The number of thioether (sulfide) groups is 1. The van der Waals surface area contributed by atoms with Crippen molar-refractivity contribution in [2.75, 3.05) is 11.1 Å². The van der Waals surface area contributed by atoms with E-state index in [1.165, 1.54) is 35.2 Å². The summed E-state index contributed by atoms with van der Waals surface area (Å²) in [5.74, 6) is -0.998. The molecule has 0 radical (unpaired) electrons. The van der Waals surface area contributed by atoms with Crippen LogP contribution in [0.2, 0.25) is 0 Å². The predicted molar refractivity (Wildman–Crippen MR) is 81.8 cm³/mol. The predicted octanol–water partition coefficient (Wildman–Crippen LogP) is 3.05. The van der Waals surface area contributed by atoms with Crippen LogP contribution in [0.4, 0.5) is 5.00 Å². The molecule has 5 nitrogen and oxygen atoms in total. The fourth-order valence-corrected chi connectivity index (χ4v) is 2.95. The fraction of sp³-hybridized carbons (Fsp3) is 0.0714. The molecule has 0 aliphatic heterocycles. The third-order valence-corrected chi connectivity index (χ3v) is 4.35. The van der Waals surface area contributed by atoms with Gasteiger partial charge in [0, 0.05) is 4.90 Å². The van der Waals surface area contributed by atoms with Crippen LogP contribution in [0.1, 0.15) is 15.9 Å². The number of hydrogen-bond acceptors (Lipinski definition) is 5. The third kappa shape index (κ3) is 4.08. The summed E-state index contributed by atoms with van der Waals surface area (Å²) in [4.78, 5) is 23.3. The number of aromatic carboxylic acids is 1. The van der Waals surface area contributed by atoms with Crippen LogP contribution in [0, 0.1) is 11.3 Å². The average molecular weight is 318 g/mol. The lowest BCUT2D eigenvalue weighted by Crippen LogP contribution is -2.13. The van der Waals surface area contributed by atoms with E-state index in [2.05, 4.69) is 5.32 Å². The highest BCUT2D eigenvalue weighted by Gasteiger charge is 2.09. The minimum atomic E-state index is -0.981. The lowest BCUT2D eigenvalue weighted by molar-refractivity contribution is -0.113. The normalized spacial score (nSPS) is 9.86. The molecule has 1 amide bonds. The van der Waals surface area contributed by atoms with Crippen molar-refractivity contribution < 1.29 is 14.7 Å².